The largest absolute Gasteiger partial charge is 0.341 e. The fourth-order valence-corrected chi connectivity index (χ4v) is 2.92. The van der Waals surface area contributed by atoms with E-state index in [0.29, 0.717) is 24.4 Å². The minimum Gasteiger partial charge on any atom is -0.341 e. The number of hydrogen-bond acceptors (Lipinski definition) is 3. The van der Waals surface area contributed by atoms with Crippen LogP contribution in [0.2, 0.25) is 0 Å². The molecule has 2 aliphatic heterocycles. The summed E-state index contributed by atoms with van der Waals surface area (Å²) in [6, 6.07) is 0.572. The van der Waals surface area contributed by atoms with Crippen LogP contribution in [0.15, 0.2) is 0 Å². The first-order chi connectivity index (χ1) is 8.19. The Hall–Kier alpha value is -0.610. The second-order valence-corrected chi connectivity index (χ2v) is 5.60. The van der Waals surface area contributed by atoms with Gasteiger partial charge in [-0.1, -0.05) is 6.92 Å². The topological polar surface area (TPSA) is 35.6 Å². The molecule has 0 spiro atoms. The van der Waals surface area contributed by atoms with Gasteiger partial charge >= 0.3 is 0 Å². The van der Waals surface area contributed by atoms with Crippen molar-refractivity contribution in [2.75, 3.05) is 39.8 Å². The molecule has 0 aromatic heterocycles. The molecule has 2 rings (SSSR count). The van der Waals surface area contributed by atoms with Crippen molar-refractivity contribution in [3.8, 4) is 0 Å². The molecular weight excluding hydrogens is 214 g/mol. The maximum Gasteiger partial charge on any atom is 0.236 e. The number of nitrogens with zero attached hydrogens (tertiary/aromatic N) is 2. The van der Waals surface area contributed by atoms with Crippen molar-refractivity contribution in [1.29, 1.82) is 0 Å². The Bertz CT molecular complexity index is 269. The number of amides is 1. The van der Waals surface area contributed by atoms with Crippen LogP contribution < -0.4 is 5.32 Å². The molecule has 2 saturated heterocycles. The predicted molar refractivity (Wildman–Crippen MR) is 68.9 cm³/mol. The molecule has 2 atom stereocenters. The van der Waals surface area contributed by atoms with Crippen molar-refractivity contribution in [2.45, 2.75) is 32.2 Å². The van der Waals surface area contributed by atoms with Gasteiger partial charge in [-0.2, -0.15) is 0 Å². The fraction of sp³-hybridized carbons (Fsp3) is 0.923. The van der Waals surface area contributed by atoms with Crippen LogP contribution in [0, 0.1) is 5.92 Å². The van der Waals surface area contributed by atoms with Crippen LogP contribution in [0.3, 0.4) is 0 Å². The molecule has 0 bridgehead atoms. The monoisotopic (exact) mass is 239 g/mol. The summed E-state index contributed by atoms with van der Waals surface area (Å²) in [4.78, 5) is 16.5. The third kappa shape index (κ3) is 3.42. The van der Waals surface area contributed by atoms with Crippen LogP contribution in [0.5, 0.6) is 0 Å². The predicted octanol–water partition coefficient (Wildman–Crippen LogP) is 0.539. The molecule has 2 aliphatic rings. The van der Waals surface area contributed by atoms with E-state index < -0.39 is 0 Å². The van der Waals surface area contributed by atoms with Gasteiger partial charge in [-0.05, 0) is 32.2 Å². The Morgan fingerprint density at radius 1 is 1.29 bits per heavy atom. The lowest BCUT2D eigenvalue weighted by Crippen LogP contribution is -2.44. The Balaban J connectivity index is 1.77. The van der Waals surface area contributed by atoms with Crippen LogP contribution in [-0.2, 0) is 4.79 Å². The maximum absolute atomic E-state index is 12.2. The molecule has 4 heteroatoms. The molecule has 0 aromatic carbocycles. The molecule has 4 nitrogen and oxygen atoms in total. The van der Waals surface area contributed by atoms with Gasteiger partial charge in [0.2, 0.25) is 5.91 Å². The molecule has 1 N–H and O–H groups in total. The highest BCUT2D eigenvalue weighted by Crippen LogP contribution is 2.16. The third-order valence-corrected chi connectivity index (χ3v) is 4.05. The highest BCUT2D eigenvalue weighted by Gasteiger charge is 2.26. The van der Waals surface area contributed by atoms with Gasteiger partial charge in [0.15, 0.2) is 0 Å². The normalized spacial score (nSPS) is 30.8. The Labute approximate surface area is 104 Å². The van der Waals surface area contributed by atoms with Crippen LogP contribution in [0.25, 0.3) is 0 Å². The zero-order valence-corrected chi connectivity index (χ0v) is 11.1. The number of piperidine rings is 1. The van der Waals surface area contributed by atoms with Gasteiger partial charge in [-0.3, -0.25) is 9.69 Å². The first-order valence-corrected chi connectivity index (χ1v) is 6.86. The van der Waals surface area contributed by atoms with Crippen molar-refractivity contribution >= 4 is 5.91 Å². The summed E-state index contributed by atoms with van der Waals surface area (Å²) in [5.41, 5.74) is 0. The van der Waals surface area contributed by atoms with E-state index >= 15 is 0 Å². The van der Waals surface area contributed by atoms with Crippen LogP contribution in [-0.4, -0.2) is 61.5 Å². The average molecular weight is 239 g/mol. The van der Waals surface area contributed by atoms with Gasteiger partial charge in [0.1, 0.15) is 0 Å². The van der Waals surface area contributed by atoms with Gasteiger partial charge in [0.05, 0.1) is 6.54 Å². The first kappa shape index (κ1) is 12.8. The van der Waals surface area contributed by atoms with E-state index in [1.165, 1.54) is 19.3 Å². The lowest BCUT2D eigenvalue weighted by molar-refractivity contribution is -0.133. The van der Waals surface area contributed by atoms with E-state index in [-0.39, 0.29) is 0 Å². The van der Waals surface area contributed by atoms with Crippen molar-refractivity contribution in [3.63, 3.8) is 0 Å². The van der Waals surface area contributed by atoms with Gasteiger partial charge < -0.3 is 10.2 Å². The molecule has 17 heavy (non-hydrogen) atoms. The number of carbonyl (C=O) groups excluding carboxylic acids is 1. The van der Waals surface area contributed by atoms with Gasteiger partial charge in [-0.25, -0.2) is 0 Å². The van der Waals surface area contributed by atoms with E-state index in [2.05, 4.69) is 22.0 Å². The number of likely N-dealkylation sites (tertiary alicyclic amines) is 2. The number of hydrogen-bond donors (Lipinski definition) is 1. The molecule has 98 valence electrons. The summed E-state index contributed by atoms with van der Waals surface area (Å²) >= 11 is 0. The van der Waals surface area contributed by atoms with Crippen molar-refractivity contribution in [2.24, 2.45) is 5.92 Å². The minimum absolute atomic E-state index is 0.327. The van der Waals surface area contributed by atoms with Crippen molar-refractivity contribution in [3.05, 3.63) is 0 Å². The van der Waals surface area contributed by atoms with E-state index in [0.717, 1.165) is 26.2 Å². The second-order valence-electron chi connectivity index (χ2n) is 5.60. The zero-order valence-electron chi connectivity index (χ0n) is 11.1. The second kappa shape index (κ2) is 5.83. The van der Waals surface area contributed by atoms with Gasteiger partial charge in [0, 0.05) is 32.2 Å². The summed E-state index contributed by atoms with van der Waals surface area (Å²) in [7, 11) is 2.00. The van der Waals surface area contributed by atoms with Crippen LogP contribution in [0.4, 0.5) is 0 Å². The SMILES string of the molecule is CNC1CCN(CC(=O)N2CCCC(C)C2)C1. The third-order valence-electron chi connectivity index (χ3n) is 4.05. The molecule has 2 fully saturated rings. The maximum atomic E-state index is 12.2. The Morgan fingerprint density at radius 2 is 2.12 bits per heavy atom. The molecule has 0 saturated carbocycles. The zero-order chi connectivity index (χ0) is 12.3. The number of likely N-dealkylation sites (N-methyl/N-ethyl adjacent to an activating group) is 1. The van der Waals surface area contributed by atoms with Crippen molar-refractivity contribution in [1.82, 2.24) is 15.1 Å². The Morgan fingerprint density at radius 3 is 2.76 bits per heavy atom. The van der Waals surface area contributed by atoms with E-state index in [4.69, 9.17) is 0 Å². The van der Waals surface area contributed by atoms with Gasteiger partial charge in [0.25, 0.3) is 0 Å². The lowest BCUT2D eigenvalue weighted by atomic mass is 10.0. The molecule has 0 radical (unpaired) electrons. The average Bonchev–Trinajstić information content (AvgIpc) is 2.77. The minimum atomic E-state index is 0.327. The standard InChI is InChI=1S/C13H25N3O/c1-11-4-3-6-16(8-11)13(17)10-15-7-5-12(9-15)14-2/h11-12,14H,3-10H2,1-2H3. The lowest BCUT2D eigenvalue weighted by Gasteiger charge is -2.32. The number of nitrogens with one attached hydrogen (secondary N) is 1. The molecule has 0 aliphatic carbocycles. The van der Waals surface area contributed by atoms with Crippen LogP contribution in [0.1, 0.15) is 26.2 Å². The summed E-state index contributed by atoms with van der Waals surface area (Å²) in [6.07, 6.45) is 3.61. The first-order valence-electron chi connectivity index (χ1n) is 6.86. The van der Waals surface area contributed by atoms with E-state index in [9.17, 15) is 4.79 Å². The molecule has 2 unspecified atom stereocenters. The summed E-state index contributed by atoms with van der Waals surface area (Å²) in [5, 5.41) is 3.29. The molecule has 2 heterocycles. The molecule has 0 aromatic rings. The van der Waals surface area contributed by atoms with Crippen molar-refractivity contribution < 1.29 is 4.79 Å². The smallest absolute Gasteiger partial charge is 0.236 e. The Kier molecular flexibility index (Phi) is 4.40. The summed E-state index contributed by atoms with van der Waals surface area (Å²) < 4.78 is 0. The van der Waals surface area contributed by atoms with E-state index in [1.54, 1.807) is 0 Å². The van der Waals surface area contributed by atoms with Crippen LogP contribution >= 0.6 is 0 Å². The van der Waals surface area contributed by atoms with Gasteiger partial charge in [-0.15, -0.1) is 0 Å². The fourth-order valence-electron chi connectivity index (χ4n) is 2.92. The quantitative estimate of drug-likeness (QED) is 0.781. The molecular formula is C13H25N3O. The summed E-state index contributed by atoms with van der Waals surface area (Å²) in [6.45, 7) is 6.86. The number of carbonyl (C=O) groups is 1. The van der Waals surface area contributed by atoms with E-state index in [1.807, 2.05) is 7.05 Å². The highest BCUT2D eigenvalue weighted by atomic mass is 16.2. The molecule has 1 amide bonds. The number of rotatable bonds is 3. The summed E-state index contributed by atoms with van der Waals surface area (Å²) in [5.74, 6) is 1.00. The highest BCUT2D eigenvalue weighted by molar-refractivity contribution is 5.78.